The molecule has 0 fully saturated rings. The lowest BCUT2D eigenvalue weighted by Gasteiger charge is -2.15. The molecule has 1 aliphatic rings. The molecule has 0 aromatic carbocycles. The van der Waals surface area contributed by atoms with Crippen molar-refractivity contribution < 1.29 is 10.6 Å². The van der Waals surface area contributed by atoms with Crippen LogP contribution < -0.4 is 5.32 Å². The predicted octanol–water partition coefficient (Wildman–Crippen LogP) is 4.82. The standard InChI is InChI=1S/C13H13FN4O.C6H14.H2/c14-11-7-15-13(16-8-19)5-9(11)10-6-17-18-4-2-1-3-12(10)18;1-3-5-6-4-2;/h5-8H,1-4H2,(H,15,16,19);3-6H2,1-2H3;1H. The highest BCUT2D eigenvalue weighted by Gasteiger charge is 2.18. The summed E-state index contributed by atoms with van der Waals surface area (Å²) in [6, 6.07) is 1.54. The molecule has 1 aliphatic heterocycles. The molecule has 0 atom stereocenters. The van der Waals surface area contributed by atoms with Gasteiger partial charge < -0.3 is 5.32 Å². The number of hydrogen-bond acceptors (Lipinski definition) is 3. The van der Waals surface area contributed by atoms with Crippen molar-refractivity contribution in [3.63, 3.8) is 0 Å². The lowest BCUT2D eigenvalue weighted by Crippen LogP contribution is -2.11. The summed E-state index contributed by atoms with van der Waals surface area (Å²) >= 11 is 0. The number of amides is 1. The molecular formula is C19H29FN4O. The number of hydrogen-bond donors (Lipinski definition) is 1. The van der Waals surface area contributed by atoms with Crippen LogP contribution in [0.25, 0.3) is 11.1 Å². The summed E-state index contributed by atoms with van der Waals surface area (Å²) in [5.41, 5.74) is 2.27. The Kier molecular flexibility index (Phi) is 7.57. The first kappa shape index (κ1) is 19.1. The quantitative estimate of drug-likeness (QED) is 0.601. The number of nitrogens with zero attached hydrogens (tertiary/aromatic N) is 3. The van der Waals surface area contributed by atoms with Crippen LogP contribution in [0.5, 0.6) is 0 Å². The number of halogens is 1. The van der Waals surface area contributed by atoms with Crippen molar-refractivity contribution in [1.82, 2.24) is 14.8 Å². The first-order chi connectivity index (χ1) is 12.2. The van der Waals surface area contributed by atoms with Crippen LogP contribution >= 0.6 is 0 Å². The Balaban J connectivity index is 0.000000422. The fourth-order valence-corrected chi connectivity index (χ4v) is 2.93. The zero-order chi connectivity index (χ0) is 18.1. The molecule has 0 bridgehead atoms. The Morgan fingerprint density at radius 3 is 2.68 bits per heavy atom. The van der Waals surface area contributed by atoms with Gasteiger partial charge in [-0.05, 0) is 25.3 Å². The van der Waals surface area contributed by atoms with E-state index in [9.17, 15) is 9.18 Å². The van der Waals surface area contributed by atoms with Crippen molar-refractivity contribution in [2.75, 3.05) is 5.32 Å². The molecule has 3 rings (SSSR count). The zero-order valence-corrected chi connectivity index (χ0v) is 15.1. The van der Waals surface area contributed by atoms with Gasteiger partial charge in [0, 0.05) is 24.8 Å². The van der Waals surface area contributed by atoms with Gasteiger partial charge in [-0.3, -0.25) is 9.48 Å². The molecule has 0 unspecified atom stereocenters. The van der Waals surface area contributed by atoms with Crippen LogP contribution in [-0.2, 0) is 17.8 Å². The number of unbranched alkanes of at least 4 members (excludes halogenated alkanes) is 3. The Morgan fingerprint density at radius 1 is 1.24 bits per heavy atom. The average molecular weight is 348 g/mol. The van der Waals surface area contributed by atoms with Crippen LogP contribution in [0.15, 0.2) is 18.5 Å². The van der Waals surface area contributed by atoms with E-state index >= 15 is 0 Å². The number of fused-ring (bicyclic) bond motifs is 1. The Hall–Kier alpha value is -2.24. The van der Waals surface area contributed by atoms with Gasteiger partial charge in [0.05, 0.1) is 12.4 Å². The van der Waals surface area contributed by atoms with Gasteiger partial charge in [0.15, 0.2) is 0 Å². The molecule has 6 heteroatoms. The summed E-state index contributed by atoms with van der Waals surface area (Å²) in [6.07, 6.45) is 12.0. The van der Waals surface area contributed by atoms with E-state index in [0.717, 1.165) is 43.3 Å². The zero-order valence-electron chi connectivity index (χ0n) is 15.1. The second-order valence-corrected chi connectivity index (χ2v) is 6.20. The lowest BCUT2D eigenvalue weighted by molar-refractivity contribution is -0.105. The third-order valence-electron chi connectivity index (χ3n) is 4.29. The SMILES string of the molecule is CCCCCC.O=CNc1cc(-c2cnn3c2CCCC3)c(F)cn1.[HH]. The van der Waals surface area contributed by atoms with Gasteiger partial charge in [0.25, 0.3) is 0 Å². The van der Waals surface area contributed by atoms with E-state index in [4.69, 9.17) is 0 Å². The predicted molar refractivity (Wildman–Crippen MR) is 100.0 cm³/mol. The lowest BCUT2D eigenvalue weighted by atomic mass is 10.0. The highest BCUT2D eigenvalue weighted by molar-refractivity contribution is 5.74. The topological polar surface area (TPSA) is 59.8 Å². The van der Waals surface area contributed by atoms with Crippen LogP contribution in [0.2, 0.25) is 0 Å². The first-order valence-corrected chi connectivity index (χ1v) is 9.12. The van der Waals surface area contributed by atoms with E-state index < -0.39 is 5.82 Å². The van der Waals surface area contributed by atoms with E-state index in [1.807, 2.05) is 4.68 Å². The Labute approximate surface area is 150 Å². The molecule has 2 aromatic heterocycles. The van der Waals surface area contributed by atoms with E-state index in [1.54, 1.807) is 6.20 Å². The minimum Gasteiger partial charge on any atom is -0.313 e. The number of carbonyl (C=O) groups excluding carboxylic acids is 1. The Morgan fingerprint density at radius 2 is 2.00 bits per heavy atom. The van der Waals surface area contributed by atoms with Gasteiger partial charge in [-0.2, -0.15) is 5.10 Å². The minimum atomic E-state index is -0.405. The molecule has 5 nitrogen and oxygen atoms in total. The first-order valence-electron chi connectivity index (χ1n) is 9.12. The fourth-order valence-electron chi connectivity index (χ4n) is 2.93. The molecule has 0 spiro atoms. The van der Waals surface area contributed by atoms with Crippen molar-refractivity contribution in [1.29, 1.82) is 0 Å². The summed E-state index contributed by atoms with van der Waals surface area (Å²) in [6.45, 7) is 5.34. The van der Waals surface area contributed by atoms with Gasteiger partial charge in [-0.1, -0.05) is 39.5 Å². The third-order valence-corrected chi connectivity index (χ3v) is 4.29. The van der Waals surface area contributed by atoms with Crippen LogP contribution in [0.1, 0.15) is 59.5 Å². The van der Waals surface area contributed by atoms with Crippen molar-refractivity contribution in [2.24, 2.45) is 0 Å². The number of aryl methyl sites for hydroxylation is 1. The number of pyridine rings is 1. The van der Waals surface area contributed by atoms with Gasteiger partial charge in [0.2, 0.25) is 6.41 Å². The maximum absolute atomic E-state index is 13.9. The number of carbonyl (C=O) groups is 1. The van der Waals surface area contributed by atoms with Gasteiger partial charge in [-0.25, -0.2) is 9.37 Å². The fraction of sp³-hybridized carbons (Fsp3) is 0.526. The molecule has 0 aliphatic carbocycles. The number of rotatable bonds is 6. The molecule has 0 saturated carbocycles. The summed E-state index contributed by atoms with van der Waals surface area (Å²) < 4.78 is 15.8. The van der Waals surface area contributed by atoms with Gasteiger partial charge in [0.1, 0.15) is 11.6 Å². The van der Waals surface area contributed by atoms with Crippen molar-refractivity contribution in [3.05, 3.63) is 30.0 Å². The van der Waals surface area contributed by atoms with E-state index in [-0.39, 0.29) is 1.43 Å². The number of aromatic nitrogens is 3. The van der Waals surface area contributed by atoms with Crippen molar-refractivity contribution >= 4 is 12.2 Å². The summed E-state index contributed by atoms with van der Waals surface area (Å²) in [7, 11) is 0. The van der Waals surface area contributed by atoms with Gasteiger partial charge >= 0.3 is 0 Å². The highest BCUT2D eigenvalue weighted by atomic mass is 19.1. The monoisotopic (exact) mass is 348 g/mol. The van der Waals surface area contributed by atoms with E-state index in [2.05, 4.69) is 29.2 Å². The minimum absolute atomic E-state index is 0. The summed E-state index contributed by atoms with van der Waals surface area (Å²) in [5.74, 6) is -0.0695. The van der Waals surface area contributed by atoms with Crippen LogP contribution in [0.3, 0.4) is 0 Å². The van der Waals surface area contributed by atoms with E-state index in [1.165, 1.54) is 31.7 Å². The van der Waals surface area contributed by atoms with Crippen LogP contribution in [0.4, 0.5) is 10.2 Å². The molecular weight excluding hydrogens is 319 g/mol. The molecule has 1 N–H and O–H groups in total. The maximum Gasteiger partial charge on any atom is 0.212 e. The van der Waals surface area contributed by atoms with Gasteiger partial charge in [-0.15, -0.1) is 0 Å². The molecule has 25 heavy (non-hydrogen) atoms. The van der Waals surface area contributed by atoms with Crippen LogP contribution in [-0.4, -0.2) is 21.2 Å². The average Bonchev–Trinajstić information content (AvgIpc) is 3.06. The van der Waals surface area contributed by atoms with Crippen molar-refractivity contribution in [2.45, 2.75) is 65.3 Å². The molecule has 138 valence electrons. The molecule has 3 heterocycles. The van der Waals surface area contributed by atoms with E-state index in [0.29, 0.717) is 17.8 Å². The normalized spacial score (nSPS) is 12.8. The summed E-state index contributed by atoms with van der Waals surface area (Å²) in [4.78, 5) is 14.2. The molecule has 0 radical (unpaired) electrons. The second-order valence-electron chi connectivity index (χ2n) is 6.20. The third kappa shape index (κ3) is 5.11. The molecule has 2 aromatic rings. The summed E-state index contributed by atoms with van der Waals surface area (Å²) in [5, 5.41) is 6.72. The van der Waals surface area contributed by atoms with Crippen molar-refractivity contribution in [3.8, 4) is 11.1 Å². The molecule has 1 amide bonds. The largest absolute Gasteiger partial charge is 0.313 e. The molecule has 0 saturated heterocycles. The second kappa shape index (κ2) is 9.91. The number of anilines is 1. The maximum atomic E-state index is 13.9. The van der Waals surface area contributed by atoms with Crippen LogP contribution in [0, 0.1) is 5.82 Å². The smallest absolute Gasteiger partial charge is 0.212 e. The number of nitrogens with one attached hydrogen (secondary N) is 1. The highest BCUT2D eigenvalue weighted by Crippen LogP contribution is 2.30. The Bertz CT molecular complexity index is 686.